The van der Waals surface area contributed by atoms with Gasteiger partial charge in [0.2, 0.25) is 0 Å². The van der Waals surface area contributed by atoms with Gasteiger partial charge < -0.3 is 5.11 Å². The molecule has 0 radical (unpaired) electrons. The molecule has 2 nitrogen and oxygen atoms in total. The lowest BCUT2D eigenvalue weighted by Gasteiger charge is -2.55. The summed E-state index contributed by atoms with van der Waals surface area (Å²) in [5, 5.41) is 11.0. The molecule has 1 N–H and O–H groups in total. The number of phenols is 1. The highest BCUT2D eigenvalue weighted by atomic mass is 16.3. The Morgan fingerprint density at radius 1 is 0.889 bits per heavy atom. The fourth-order valence-electron chi connectivity index (χ4n) is 6.19. The number of hydrogen-bond acceptors (Lipinski definition) is 2. The normalized spacial score (nSPS) is 33.2. The average Bonchev–Trinajstić information content (AvgIpc) is 2.50. The molecule has 4 aliphatic rings. The highest BCUT2D eigenvalue weighted by Gasteiger charge is 2.50. The zero-order chi connectivity index (χ0) is 19.6. The van der Waals surface area contributed by atoms with E-state index < -0.39 is 0 Å². The summed E-state index contributed by atoms with van der Waals surface area (Å²) in [4.78, 5) is 5.21. The van der Waals surface area contributed by atoms with Gasteiger partial charge in [-0.3, -0.25) is 4.99 Å². The Morgan fingerprint density at radius 2 is 1.41 bits per heavy atom. The highest BCUT2D eigenvalue weighted by molar-refractivity contribution is 5.85. The van der Waals surface area contributed by atoms with Crippen LogP contribution in [0.15, 0.2) is 17.1 Å². The summed E-state index contributed by atoms with van der Waals surface area (Å²) in [6.45, 7) is 13.3. The zero-order valence-corrected chi connectivity index (χ0v) is 18.1. The first-order valence-corrected chi connectivity index (χ1v) is 10.9. The molecule has 1 aromatic carbocycles. The third-order valence-electron chi connectivity index (χ3n) is 7.30. The van der Waals surface area contributed by atoms with Crippen molar-refractivity contribution in [3.05, 3.63) is 28.8 Å². The summed E-state index contributed by atoms with van der Waals surface area (Å²) in [7, 11) is 0. The maximum Gasteiger partial charge on any atom is 0.128 e. The molecule has 0 spiro atoms. The van der Waals surface area contributed by atoms with Crippen molar-refractivity contribution in [3.63, 3.8) is 0 Å². The Kier molecular flexibility index (Phi) is 4.29. The highest BCUT2D eigenvalue weighted by Crippen LogP contribution is 2.57. The van der Waals surface area contributed by atoms with Gasteiger partial charge in [-0.25, -0.2) is 0 Å². The standard InChI is InChI=1S/C25H37NO/c1-23(2,3)20-10-19(22(27)21(11-20)24(4,5)6)15-26-25-12-16-7-17(13-25)9-18(8-16)14-25/h10-11,15-18,27H,7-9,12-14H2,1-6H3. The Labute approximate surface area is 165 Å². The van der Waals surface area contributed by atoms with Crippen LogP contribution in [0.25, 0.3) is 0 Å². The summed E-state index contributed by atoms with van der Waals surface area (Å²) in [6.07, 6.45) is 10.1. The van der Waals surface area contributed by atoms with Crippen LogP contribution in [0.3, 0.4) is 0 Å². The number of nitrogens with zero attached hydrogens (tertiary/aromatic N) is 1. The molecule has 0 saturated heterocycles. The van der Waals surface area contributed by atoms with Gasteiger partial charge in [-0.2, -0.15) is 0 Å². The maximum absolute atomic E-state index is 11.0. The van der Waals surface area contributed by atoms with E-state index in [0.29, 0.717) is 5.75 Å². The molecular formula is C25H37NO. The Balaban J connectivity index is 1.72. The molecule has 4 fully saturated rings. The first-order chi connectivity index (χ1) is 12.5. The number of rotatable bonds is 2. The minimum atomic E-state index is -0.0887. The number of benzene rings is 1. The van der Waals surface area contributed by atoms with Crippen molar-refractivity contribution < 1.29 is 5.11 Å². The van der Waals surface area contributed by atoms with Gasteiger partial charge in [0.1, 0.15) is 5.75 Å². The summed E-state index contributed by atoms with van der Waals surface area (Å²) in [5.41, 5.74) is 3.33. The van der Waals surface area contributed by atoms with Crippen LogP contribution in [0.2, 0.25) is 0 Å². The smallest absolute Gasteiger partial charge is 0.128 e. The molecule has 0 atom stereocenters. The molecule has 0 aromatic heterocycles. The van der Waals surface area contributed by atoms with Crippen LogP contribution in [-0.4, -0.2) is 16.9 Å². The van der Waals surface area contributed by atoms with Gasteiger partial charge in [-0.05, 0) is 78.7 Å². The fourth-order valence-corrected chi connectivity index (χ4v) is 6.19. The van der Waals surface area contributed by atoms with Crippen LogP contribution in [0.4, 0.5) is 0 Å². The molecule has 0 amide bonds. The molecule has 0 aliphatic heterocycles. The molecule has 148 valence electrons. The Morgan fingerprint density at radius 3 is 1.85 bits per heavy atom. The molecular weight excluding hydrogens is 330 g/mol. The average molecular weight is 368 g/mol. The third-order valence-corrected chi connectivity index (χ3v) is 7.30. The van der Waals surface area contributed by atoms with Crippen LogP contribution in [0.1, 0.15) is 96.8 Å². The Hall–Kier alpha value is -1.31. The van der Waals surface area contributed by atoms with Gasteiger partial charge in [-0.15, -0.1) is 0 Å². The molecule has 4 saturated carbocycles. The van der Waals surface area contributed by atoms with E-state index in [1.54, 1.807) is 0 Å². The van der Waals surface area contributed by atoms with E-state index >= 15 is 0 Å². The predicted molar refractivity (Wildman–Crippen MR) is 114 cm³/mol. The van der Waals surface area contributed by atoms with Crippen LogP contribution >= 0.6 is 0 Å². The topological polar surface area (TPSA) is 32.6 Å². The molecule has 0 unspecified atom stereocenters. The van der Waals surface area contributed by atoms with Crippen molar-refractivity contribution in [1.82, 2.24) is 0 Å². The van der Waals surface area contributed by atoms with Crippen molar-refractivity contribution in [2.45, 2.75) is 96.4 Å². The predicted octanol–water partition coefficient (Wildman–Crippen LogP) is 6.37. The van der Waals surface area contributed by atoms with Crippen LogP contribution in [0.5, 0.6) is 5.75 Å². The van der Waals surface area contributed by atoms with Gasteiger partial charge in [-0.1, -0.05) is 47.6 Å². The van der Waals surface area contributed by atoms with E-state index in [2.05, 4.69) is 53.7 Å². The van der Waals surface area contributed by atoms with Gasteiger partial charge in [0.05, 0.1) is 5.54 Å². The minimum Gasteiger partial charge on any atom is -0.507 e. The molecule has 1 aromatic rings. The van der Waals surface area contributed by atoms with Gasteiger partial charge in [0, 0.05) is 17.3 Å². The van der Waals surface area contributed by atoms with Gasteiger partial charge in [0.15, 0.2) is 0 Å². The van der Waals surface area contributed by atoms with Crippen molar-refractivity contribution in [3.8, 4) is 5.75 Å². The van der Waals surface area contributed by atoms with Crippen molar-refractivity contribution in [1.29, 1.82) is 0 Å². The first-order valence-electron chi connectivity index (χ1n) is 10.9. The summed E-state index contributed by atoms with van der Waals surface area (Å²) in [5.74, 6) is 3.11. The van der Waals surface area contributed by atoms with Crippen molar-refractivity contribution in [2.75, 3.05) is 0 Å². The Bertz CT molecular complexity index is 724. The van der Waals surface area contributed by atoms with Crippen molar-refractivity contribution in [2.24, 2.45) is 22.7 Å². The third kappa shape index (κ3) is 3.57. The number of aromatic hydroxyl groups is 1. The van der Waals surface area contributed by atoms with Crippen LogP contribution < -0.4 is 0 Å². The number of aliphatic imine (C=N–C) groups is 1. The molecule has 4 aliphatic carbocycles. The lowest BCUT2D eigenvalue weighted by Crippen LogP contribution is -2.49. The van der Waals surface area contributed by atoms with E-state index in [4.69, 9.17) is 4.99 Å². The van der Waals surface area contributed by atoms with Crippen LogP contribution in [0, 0.1) is 17.8 Å². The lowest BCUT2D eigenvalue weighted by molar-refractivity contribution is 0.00194. The van der Waals surface area contributed by atoms with Crippen LogP contribution in [-0.2, 0) is 10.8 Å². The maximum atomic E-state index is 11.0. The van der Waals surface area contributed by atoms with E-state index in [0.717, 1.165) is 28.9 Å². The largest absolute Gasteiger partial charge is 0.507 e. The van der Waals surface area contributed by atoms with E-state index in [1.165, 1.54) is 44.1 Å². The molecule has 0 heterocycles. The van der Waals surface area contributed by atoms with Gasteiger partial charge >= 0.3 is 0 Å². The molecule has 27 heavy (non-hydrogen) atoms. The van der Waals surface area contributed by atoms with Gasteiger partial charge in [0.25, 0.3) is 0 Å². The molecule has 5 rings (SSSR count). The van der Waals surface area contributed by atoms with Crippen molar-refractivity contribution >= 4 is 6.21 Å². The second-order valence-corrected chi connectivity index (χ2v) is 11.9. The lowest BCUT2D eigenvalue weighted by atomic mass is 9.53. The number of phenolic OH excluding ortho intramolecular Hbond substituents is 1. The number of hydrogen-bond donors (Lipinski definition) is 1. The SMILES string of the molecule is CC(C)(C)c1cc(C=NC23CC4CC(CC(C4)C2)C3)c(O)c(C(C)(C)C)c1. The molecule has 4 bridgehead atoms. The summed E-state index contributed by atoms with van der Waals surface area (Å²) >= 11 is 0. The summed E-state index contributed by atoms with van der Waals surface area (Å²) in [6, 6.07) is 4.35. The van der Waals surface area contributed by atoms with E-state index in [-0.39, 0.29) is 16.4 Å². The second-order valence-electron chi connectivity index (χ2n) is 11.9. The fraction of sp³-hybridized carbons (Fsp3) is 0.720. The second kappa shape index (κ2) is 6.09. The summed E-state index contributed by atoms with van der Waals surface area (Å²) < 4.78 is 0. The minimum absolute atomic E-state index is 0.0526. The monoisotopic (exact) mass is 367 g/mol. The molecule has 2 heteroatoms. The van der Waals surface area contributed by atoms with E-state index in [1.807, 2.05) is 6.21 Å². The quantitative estimate of drug-likeness (QED) is 0.605. The zero-order valence-electron chi connectivity index (χ0n) is 18.1. The van der Waals surface area contributed by atoms with E-state index in [9.17, 15) is 5.11 Å². The first kappa shape index (κ1) is 19.0.